The summed E-state index contributed by atoms with van der Waals surface area (Å²) in [7, 11) is 0. The molecule has 1 N–H and O–H groups in total. The largest absolute Gasteiger partial charge is 0.323 e. The van der Waals surface area contributed by atoms with Crippen molar-refractivity contribution in [3.05, 3.63) is 29.6 Å². The van der Waals surface area contributed by atoms with Gasteiger partial charge in [-0.25, -0.2) is 4.39 Å². The van der Waals surface area contributed by atoms with E-state index in [1.165, 1.54) is 6.07 Å². The molecule has 1 aromatic rings. The number of nitrogens with one attached hydrogen (secondary N) is 1. The lowest BCUT2D eigenvalue weighted by Gasteiger charge is -2.20. The van der Waals surface area contributed by atoms with E-state index in [9.17, 15) is 9.18 Å². The number of hydrogen-bond acceptors (Lipinski definition) is 3. The lowest BCUT2D eigenvalue weighted by molar-refractivity contribution is -0.115. The minimum Gasteiger partial charge on any atom is -0.323 e. The lowest BCUT2D eigenvalue weighted by atomic mass is 10.2. The molecule has 1 saturated heterocycles. The van der Waals surface area contributed by atoms with E-state index in [0.29, 0.717) is 0 Å². The van der Waals surface area contributed by atoms with Crippen molar-refractivity contribution in [1.29, 1.82) is 0 Å². The van der Waals surface area contributed by atoms with Crippen molar-refractivity contribution in [2.75, 3.05) is 22.6 Å². The Morgan fingerprint density at radius 3 is 3.00 bits per heavy atom. The number of carbonyl (C=O) groups excluding carboxylic acids is 1. The molecule has 1 aromatic carbocycles. The third-order valence-electron chi connectivity index (χ3n) is 2.49. The summed E-state index contributed by atoms with van der Waals surface area (Å²) < 4.78 is 13.5. The Morgan fingerprint density at radius 1 is 1.47 bits per heavy atom. The van der Waals surface area contributed by atoms with Crippen LogP contribution in [0.4, 0.5) is 10.1 Å². The van der Waals surface area contributed by atoms with E-state index in [0.717, 1.165) is 22.8 Å². The van der Waals surface area contributed by atoms with Crippen LogP contribution in [0.5, 0.6) is 0 Å². The quantitative estimate of drug-likeness (QED) is 0.896. The molecule has 1 heterocycles. The molecule has 0 aromatic heterocycles. The fraction of sp³-hybridized carbons (Fsp3) is 0.417. The maximum atomic E-state index is 13.5. The van der Waals surface area contributed by atoms with E-state index >= 15 is 0 Å². The van der Waals surface area contributed by atoms with Crippen LogP contribution in [0.15, 0.2) is 18.2 Å². The van der Waals surface area contributed by atoms with Gasteiger partial charge in [-0.1, -0.05) is 6.07 Å². The fourth-order valence-electron chi connectivity index (χ4n) is 1.59. The van der Waals surface area contributed by atoms with Crippen LogP contribution in [0.3, 0.4) is 0 Å². The Hall–Kier alpha value is -0.680. The first-order chi connectivity index (χ1) is 8.16. The number of carbonyl (C=O) groups is 1. The smallest absolute Gasteiger partial charge is 0.238 e. The number of rotatable bonds is 2. The molecule has 2 rings (SSSR count). The van der Waals surface area contributed by atoms with Crippen molar-refractivity contribution in [2.45, 2.75) is 12.2 Å². The van der Waals surface area contributed by atoms with Crippen molar-refractivity contribution in [3.63, 3.8) is 0 Å². The molecule has 1 atom stereocenters. The van der Waals surface area contributed by atoms with Gasteiger partial charge in [-0.15, -0.1) is 11.8 Å². The SMILES string of the molecule is Cc1ccc(F)c(NC(=O)C2CSCCS2)c1. The van der Waals surface area contributed by atoms with Gasteiger partial charge in [0.1, 0.15) is 5.82 Å². The molecule has 0 bridgehead atoms. The number of amides is 1. The van der Waals surface area contributed by atoms with Crippen LogP contribution in [-0.4, -0.2) is 28.4 Å². The van der Waals surface area contributed by atoms with Crippen LogP contribution in [0.1, 0.15) is 5.56 Å². The third-order valence-corrected chi connectivity index (χ3v) is 5.24. The summed E-state index contributed by atoms with van der Waals surface area (Å²) in [6.45, 7) is 1.88. The number of hydrogen-bond donors (Lipinski definition) is 1. The summed E-state index contributed by atoms with van der Waals surface area (Å²) in [5.74, 6) is 2.42. The van der Waals surface area contributed by atoms with Gasteiger partial charge in [-0.3, -0.25) is 4.79 Å². The number of benzene rings is 1. The summed E-state index contributed by atoms with van der Waals surface area (Å²) in [6.07, 6.45) is 0. The maximum absolute atomic E-state index is 13.5. The Kier molecular flexibility index (Phi) is 4.34. The zero-order chi connectivity index (χ0) is 12.3. The molecule has 1 unspecified atom stereocenters. The number of anilines is 1. The highest BCUT2D eigenvalue weighted by molar-refractivity contribution is 8.07. The van der Waals surface area contributed by atoms with Crippen molar-refractivity contribution >= 4 is 35.1 Å². The first-order valence-corrected chi connectivity index (χ1v) is 7.63. The number of thioether (sulfide) groups is 2. The van der Waals surface area contributed by atoms with Crippen LogP contribution >= 0.6 is 23.5 Å². The van der Waals surface area contributed by atoms with Crippen molar-refractivity contribution < 1.29 is 9.18 Å². The van der Waals surface area contributed by atoms with E-state index in [1.807, 2.05) is 6.92 Å². The van der Waals surface area contributed by atoms with Gasteiger partial charge in [0.15, 0.2) is 0 Å². The molecule has 1 amide bonds. The molecule has 17 heavy (non-hydrogen) atoms. The predicted octanol–water partition coefficient (Wildman–Crippen LogP) is 2.92. The molecule has 0 radical (unpaired) electrons. The average Bonchev–Trinajstić information content (AvgIpc) is 2.35. The predicted molar refractivity (Wildman–Crippen MR) is 73.3 cm³/mol. The summed E-state index contributed by atoms with van der Waals surface area (Å²) >= 11 is 3.42. The summed E-state index contributed by atoms with van der Waals surface area (Å²) in [4.78, 5) is 11.9. The van der Waals surface area contributed by atoms with Gasteiger partial charge in [-0.05, 0) is 24.6 Å². The van der Waals surface area contributed by atoms with Gasteiger partial charge in [0.05, 0.1) is 10.9 Å². The average molecular weight is 271 g/mol. The first kappa shape index (κ1) is 12.8. The second kappa shape index (κ2) is 5.78. The highest BCUT2D eigenvalue weighted by atomic mass is 32.2. The highest BCUT2D eigenvalue weighted by Crippen LogP contribution is 2.25. The van der Waals surface area contributed by atoms with Crippen LogP contribution in [0.2, 0.25) is 0 Å². The summed E-state index contributed by atoms with van der Waals surface area (Å²) in [5, 5.41) is 2.61. The first-order valence-electron chi connectivity index (χ1n) is 5.43. The topological polar surface area (TPSA) is 29.1 Å². The molecular formula is C12H14FNOS2. The molecule has 0 spiro atoms. The van der Waals surface area contributed by atoms with Crippen LogP contribution in [0.25, 0.3) is 0 Å². The van der Waals surface area contributed by atoms with E-state index < -0.39 is 0 Å². The maximum Gasteiger partial charge on any atom is 0.238 e. The van der Waals surface area contributed by atoms with Gasteiger partial charge in [0, 0.05) is 17.3 Å². The molecular weight excluding hydrogens is 257 g/mol. The molecule has 0 saturated carbocycles. The molecule has 2 nitrogen and oxygen atoms in total. The second-order valence-electron chi connectivity index (χ2n) is 3.91. The van der Waals surface area contributed by atoms with E-state index in [2.05, 4.69) is 5.32 Å². The highest BCUT2D eigenvalue weighted by Gasteiger charge is 2.22. The normalized spacial score (nSPS) is 20.0. The molecule has 92 valence electrons. The molecule has 5 heteroatoms. The van der Waals surface area contributed by atoms with Gasteiger partial charge >= 0.3 is 0 Å². The Balaban J connectivity index is 2.04. The minimum atomic E-state index is -0.377. The zero-order valence-electron chi connectivity index (χ0n) is 9.53. The van der Waals surface area contributed by atoms with Gasteiger partial charge in [-0.2, -0.15) is 11.8 Å². The fourth-order valence-corrected chi connectivity index (χ4v) is 4.14. The zero-order valence-corrected chi connectivity index (χ0v) is 11.2. The molecule has 1 fully saturated rings. The lowest BCUT2D eigenvalue weighted by Crippen LogP contribution is -2.30. The molecule has 0 aliphatic carbocycles. The Labute approximate surface area is 109 Å². The van der Waals surface area contributed by atoms with Gasteiger partial charge in [0.25, 0.3) is 0 Å². The van der Waals surface area contributed by atoms with Crippen LogP contribution in [0, 0.1) is 12.7 Å². The second-order valence-corrected chi connectivity index (χ2v) is 6.37. The standard InChI is InChI=1S/C12H14FNOS2/c1-8-2-3-9(13)10(6-8)14-12(15)11-7-16-4-5-17-11/h2-3,6,11H,4-5,7H2,1H3,(H,14,15). The molecule has 1 aliphatic rings. The monoisotopic (exact) mass is 271 g/mol. The van der Waals surface area contributed by atoms with Crippen molar-refractivity contribution in [1.82, 2.24) is 0 Å². The third kappa shape index (κ3) is 3.39. The van der Waals surface area contributed by atoms with Crippen molar-refractivity contribution in [2.24, 2.45) is 0 Å². The van der Waals surface area contributed by atoms with Crippen LogP contribution < -0.4 is 5.32 Å². The van der Waals surface area contributed by atoms with Crippen LogP contribution in [-0.2, 0) is 4.79 Å². The van der Waals surface area contributed by atoms with E-state index in [-0.39, 0.29) is 22.7 Å². The van der Waals surface area contributed by atoms with E-state index in [1.54, 1.807) is 35.7 Å². The number of halogens is 1. The van der Waals surface area contributed by atoms with E-state index in [4.69, 9.17) is 0 Å². The van der Waals surface area contributed by atoms with Gasteiger partial charge in [0.2, 0.25) is 5.91 Å². The van der Waals surface area contributed by atoms with Gasteiger partial charge < -0.3 is 5.32 Å². The summed E-state index contributed by atoms with van der Waals surface area (Å²) in [5.41, 5.74) is 1.22. The number of aryl methyl sites for hydroxylation is 1. The Morgan fingerprint density at radius 2 is 2.29 bits per heavy atom. The molecule has 1 aliphatic heterocycles. The Bertz CT molecular complexity index is 419. The van der Waals surface area contributed by atoms with Crippen molar-refractivity contribution in [3.8, 4) is 0 Å². The minimum absolute atomic E-state index is 0.0614. The summed E-state index contributed by atoms with van der Waals surface area (Å²) in [6, 6.07) is 4.73.